The number of ether oxygens (including phenoxy) is 1. The van der Waals surface area contributed by atoms with Crippen LogP contribution in [0.3, 0.4) is 0 Å². The first-order chi connectivity index (χ1) is 5.93. The van der Waals surface area contributed by atoms with E-state index in [9.17, 15) is 14.4 Å². The van der Waals surface area contributed by atoms with Crippen molar-refractivity contribution in [1.29, 1.82) is 0 Å². The van der Waals surface area contributed by atoms with Gasteiger partial charge in [0.1, 0.15) is 0 Å². The Morgan fingerprint density at radius 1 is 1.31 bits per heavy atom. The van der Waals surface area contributed by atoms with E-state index in [4.69, 9.17) is 5.11 Å². The van der Waals surface area contributed by atoms with E-state index in [0.717, 1.165) is 0 Å². The van der Waals surface area contributed by atoms with Gasteiger partial charge < -0.3 is 15.6 Å². The predicted octanol–water partition coefficient (Wildman–Crippen LogP) is -0.831. The van der Waals surface area contributed by atoms with Crippen LogP contribution in [0.4, 0.5) is 0 Å². The van der Waals surface area contributed by atoms with Gasteiger partial charge in [-0.1, -0.05) is 6.58 Å². The fraction of sp³-hybridized carbons (Fsp3) is 0. The van der Waals surface area contributed by atoms with Crippen molar-refractivity contribution in [1.82, 2.24) is 0 Å². The van der Waals surface area contributed by atoms with Gasteiger partial charge in [-0.3, -0.25) is 4.79 Å². The molecule has 0 fully saturated rings. The van der Waals surface area contributed by atoms with Gasteiger partial charge in [-0.25, -0.2) is 9.59 Å². The van der Waals surface area contributed by atoms with E-state index in [2.05, 4.69) is 17.0 Å². The number of primary amides is 1. The Morgan fingerprint density at radius 3 is 2.23 bits per heavy atom. The van der Waals surface area contributed by atoms with Crippen molar-refractivity contribution in [3.8, 4) is 0 Å². The minimum absolute atomic E-state index is 0.542. The number of amides is 1. The van der Waals surface area contributed by atoms with Crippen molar-refractivity contribution < 1.29 is 24.2 Å². The predicted molar refractivity (Wildman–Crippen MR) is 41.2 cm³/mol. The summed E-state index contributed by atoms with van der Waals surface area (Å²) in [5, 5.41) is 8.10. The van der Waals surface area contributed by atoms with Crippen LogP contribution in [0.1, 0.15) is 0 Å². The largest absolute Gasteiger partial charge is 0.478 e. The number of nitrogens with two attached hydrogens (primary N) is 1. The molecular formula is C7H7NO5. The molecule has 0 atom stereocenters. The third-order valence-electron chi connectivity index (χ3n) is 0.861. The average molecular weight is 185 g/mol. The lowest BCUT2D eigenvalue weighted by Crippen LogP contribution is -2.17. The van der Waals surface area contributed by atoms with Crippen molar-refractivity contribution in [3.63, 3.8) is 0 Å². The summed E-state index contributed by atoms with van der Waals surface area (Å²) >= 11 is 0. The number of carboxylic acids is 1. The summed E-state index contributed by atoms with van der Waals surface area (Å²) in [4.78, 5) is 30.8. The molecule has 0 saturated heterocycles. The number of rotatable bonds is 4. The summed E-state index contributed by atoms with van der Waals surface area (Å²) < 4.78 is 4.20. The van der Waals surface area contributed by atoms with Crippen molar-refractivity contribution in [2.45, 2.75) is 0 Å². The first-order valence-corrected chi connectivity index (χ1v) is 3.05. The van der Waals surface area contributed by atoms with E-state index in [1.54, 1.807) is 0 Å². The van der Waals surface area contributed by atoms with Crippen molar-refractivity contribution in [3.05, 3.63) is 24.5 Å². The summed E-state index contributed by atoms with van der Waals surface area (Å²) in [6.45, 7) is 3.02. The first kappa shape index (κ1) is 10.9. The number of carbonyl (C=O) groups is 3. The fourth-order valence-electron chi connectivity index (χ4n) is 0.345. The minimum Gasteiger partial charge on any atom is -0.478 e. The van der Waals surface area contributed by atoms with Crippen LogP contribution in [-0.2, 0) is 19.1 Å². The summed E-state index contributed by atoms with van der Waals surface area (Å²) in [5.41, 5.74) is 4.68. The highest BCUT2D eigenvalue weighted by Crippen LogP contribution is 1.93. The molecule has 0 radical (unpaired) electrons. The van der Waals surface area contributed by atoms with E-state index >= 15 is 0 Å². The van der Waals surface area contributed by atoms with Crippen LogP contribution in [0.15, 0.2) is 24.5 Å². The molecule has 1 amide bonds. The summed E-state index contributed by atoms with van der Waals surface area (Å²) in [5.74, 6) is -3.86. The second kappa shape index (κ2) is 4.70. The lowest BCUT2D eigenvalue weighted by molar-refractivity contribution is -0.138. The maximum absolute atomic E-state index is 10.6. The SMILES string of the molecule is C=C(OC(=O)/C=C\C(=O)O)C(N)=O. The number of hydrogen-bond donors (Lipinski definition) is 2. The molecule has 0 bridgehead atoms. The Labute approximate surface area is 73.3 Å². The van der Waals surface area contributed by atoms with Crippen LogP contribution in [0.25, 0.3) is 0 Å². The van der Waals surface area contributed by atoms with Crippen molar-refractivity contribution >= 4 is 17.8 Å². The number of esters is 1. The van der Waals surface area contributed by atoms with Gasteiger partial charge in [-0.2, -0.15) is 0 Å². The van der Waals surface area contributed by atoms with Crippen LogP contribution in [-0.4, -0.2) is 23.0 Å². The highest BCUT2D eigenvalue weighted by Gasteiger charge is 2.06. The quantitative estimate of drug-likeness (QED) is 0.337. The van der Waals surface area contributed by atoms with Gasteiger partial charge in [0.25, 0.3) is 5.91 Å². The fourth-order valence-corrected chi connectivity index (χ4v) is 0.345. The highest BCUT2D eigenvalue weighted by molar-refractivity contribution is 5.96. The van der Waals surface area contributed by atoms with Gasteiger partial charge in [-0.15, -0.1) is 0 Å². The third-order valence-corrected chi connectivity index (χ3v) is 0.861. The monoisotopic (exact) mass is 185 g/mol. The average Bonchev–Trinajstić information content (AvgIpc) is 2.00. The molecule has 0 aromatic carbocycles. The molecule has 13 heavy (non-hydrogen) atoms. The molecule has 0 aliphatic heterocycles. The lowest BCUT2D eigenvalue weighted by Gasteiger charge is -1.98. The lowest BCUT2D eigenvalue weighted by atomic mass is 10.5. The van der Waals surface area contributed by atoms with Gasteiger partial charge in [0.05, 0.1) is 0 Å². The third kappa shape index (κ3) is 5.19. The Hall–Kier alpha value is -2.11. The molecular weight excluding hydrogens is 178 g/mol. The topological polar surface area (TPSA) is 107 Å². The maximum Gasteiger partial charge on any atom is 0.336 e. The summed E-state index contributed by atoms with van der Waals surface area (Å²) in [6, 6.07) is 0. The molecule has 0 saturated carbocycles. The summed E-state index contributed by atoms with van der Waals surface area (Å²) in [6.07, 6.45) is 1.20. The zero-order chi connectivity index (χ0) is 10.4. The van der Waals surface area contributed by atoms with E-state index in [0.29, 0.717) is 12.2 Å². The second-order valence-electron chi connectivity index (χ2n) is 1.88. The molecule has 0 rings (SSSR count). The Kier molecular flexibility index (Phi) is 3.94. The van der Waals surface area contributed by atoms with Crippen LogP contribution < -0.4 is 5.73 Å². The number of hydrogen-bond acceptors (Lipinski definition) is 4. The van der Waals surface area contributed by atoms with Crippen LogP contribution in [0, 0.1) is 0 Å². The second-order valence-corrected chi connectivity index (χ2v) is 1.88. The molecule has 0 aromatic heterocycles. The van der Waals surface area contributed by atoms with Crippen molar-refractivity contribution in [2.75, 3.05) is 0 Å². The summed E-state index contributed by atoms with van der Waals surface area (Å²) in [7, 11) is 0. The van der Waals surface area contributed by atoms with Crippen LogP contribution in [0.2, 0.25) is 0 Å². The van der Waals surface area contributed by atoms with Gasteiger partial charge in [0.2, 0.25) is 0 Å². The number of carboxylic acid groups (broad SMARTS) is 1. The molecule has 0 aromatic rings. The standard InChI is InChI=1S/C7H7NO5/c1-4(7(8)12)13-6(11)3-2-5(9)10/h2-3H,1H2,(H2,8,12)(H,9,10)/b3-2-. The highest BCUT2D eigenvalue weighted by atomic mass is 16.5. The zero-order valence-electron chi connectivity index (χ0n) is 6.52. The molecule has 70 valence electrons. The Bertz CT molecular complexity index is 291. The maximum atomic E-state index is 10.6. The van der Waals surface area contributed by atoms with Gasteiger partial charge in [0, 0.05) is 12.2 Å². The molecule has 0 aliphatic rings. The van der Waals surface area contributed by atoms with Crippen LogP contribution >= 0.6 is 0 Å². The molecule has 0 unspecified atom stereocenters. The molecule has 0 aliphatic carbocycles. The van der Waals surface area contributed by atoms with Gasteiger partial charge in [0.15, 0.2) is 5.76 Å². The number of carbonyl (C=O) groups excluding carboxylic acids is 2. The van der Waals surface area contributed by atoms with Gasteiger partial charge in [-0.05, 0) is 0 Å². The zero-order valence-corrected chi connectivity index (χ0v) is 6.52. The molecule has 0 spiro atoms. The molecule has 6 nitrogen and oxygen atoms in total. The Morgan fingerprint density at radius 2 is 1.85 bits per heavy atom. The smallest absolute Gasteiger partial charge is 0.336 e. The van der Waals surface area contributed by atoms with Crippen LogP contribution in [0.5, 0.6) is 0 Å². The van der Waals surface area contributed by atoms with Crippen molar-refractivity contribution in [2.24, 2.45) is 5.73 Å². The minimum atomic E-state index is -1.30. The number of aliphatic carboxylic acids is 1. The molecule has 6 heteroatoms. The van der Waals surface area contributed by atoms with E-state index in [1.807, 2.05) is 0 Å². The Balaban J connectivity index is 4.10. The molecule has 0 heterocycles. The first-order valence-electron chi connectivity index (χ1n) is 3.05. The van der Waals surface area contributed by atoms with E-state index in [1.165, 1.54) is 0 Å². The van der Waals surface area contributed by atoms with E-state index in [-0.39, 0.29) is 0 Å². The van der Waals surface area contributed by atoms with Gasteiger partial charge >= 0.3 is 11.9 Å². The normalized spacial score (nSPS) is 9.54. The van der Waals surface area contributed by atoms with E-state index < -0.39 is 23.6 Å². The molecule has 3 N–H and O–H groups in total.